The van der Waals surface area contributed by atoms with Crippen molar-refractivity contribution in [2.24, 2.45) is 0 Å². The van der Waals surface area contributed by atoms with Gasteiger partial charge < -0.3 is 10.6 Å². The van der Waals surface area contributed by atoms with Crippen LogP contribution in [0.5, 0.6) is 0 Å². The SMILES string of the molecule is O=C(NCc1cccc2cccnc12)C(=O)Nc1cc(F)ccc1F. The van der Waals surface area contributed by atoms with E-state index in [1.165, 1.54) is 0 Å². The first-order valence-corrected chi connectivity index (χ1v) is 7.41. The minimum Gasteiger partial charge on any atom is -0.344 e. The van der Waals surface area contributed by atoms with Crippen LogP contribution in [0.2, 0.25) is 0 Å². The monoisotopic (exact) mass is 341 g/mol. The summed E-state index contributed by atoms with van der Waals surface area (Å²) in [6.07, 6.45) is 1.63. The summed E-state index contributed by atoms with van der Waals surface area (Å²) < 4.78 is 26.6. The van der Waals surface area contributed by atoms with E-state index in [-0.39, 0.29) is 6.54 Å². The number of para-hydroxylation sites is 1. The Morgan fingerprint density at radius 1 is 1.00 bits per heavy atom. The van der Waals surface area contributed by atoms with Crippen molar-refractivity contribution >= 4 is 28.4 Å². The number of fused-ring (bicyclic) bond motifs is 1. The van der Waals surface area contributed by atoms with Gasteiger partial charge in [0.15, 0.2) is 0 Å². The second kappa shape index (κ2) is 7.04. The molecule has 0 aliphatic heterocycles. The molecule has 5 nitrogen and oxygen atoms in total. The average molecular weight is 341 g/mol. The molecular weight excluding hydrogens is 328 g/mol. The van der Waals surface area contributed by atoms with Gasteiger partial charge in [0.2, 0.25) is 0 Å². The van der Waals surface area contributed by atoms with E-state index in [0.29, 0.717) is 5.52 Å². The first-order chi connectivity index (χ1) is 12.0. The maximum absolute atomic E-state index is 13.5. The lowest BCUT2D eigenvalue weighted by Gasteiger charge is -2.09. The normalized spacial score (nSPS) is 10.5. The average Bonchev–Trinajstić information content (AvgIpc) is 2.62. The number of carbonyl (C=O) groups is 2. The summed E-state index contributed by atoms with van der Waals surface area (Å²) in [7, 11) is 0. The van der Waals surface area contributed by atoms with E-state index in [9.17, 15) is 18.4 Å². The van der Waals surface area contributed by atoms with E-state index >= 15 is 0 Å². The van der Waals surface area contributed by atoms with Gasteiger partial charge in [0.25, 0.3) is 0 Å². The number of hydrogen-bond donors (Lipinski definition) is 2. The lowest BCUT2D eigenvalue weighted by Crippen LogP contribution is -2.35. The van der Waals surface area contributed by atoms with Crippen LogP contribution in [-0.4, -0.2) is 16.8 Å². The third kappa shape index (κ3) is 3.77. The van der Waals surface area contributed by atoms with Crippen LogP contribution < -0.4 is 10.6 Å². The number of pyridine rings is 1. The predicted octanol–water partition coefficient (Wildman–Crippen LogP) is 2.77. The Labute approximate surface area is 141 Å². The van der Waals surface area contributed by atoms with Gasteiger partial charge in [0, 0.05) is 24.2 Å². The molecule has 3 rings (SSSR count). The number of benzene rings is 2. The molecule has 0 fully saturated rings. The number of carbonyl (C=O) groups excluding carboxylic acids is 2. The molecule has 7 heteroatoms. The van der Waals surface area contributed by atoms with Crippen molar-refractivity contribution in [1.82, 2.24) is 10.3 Å². The fourth-order valence-corrected chi connectivity index (χ4v) is 2.34. The molecule has 126 valence electrons. The third-order valence-corrected chi connectivity index (χ3v) is 3.54. The highest BCUT2D eigenvalue weighted by Crippen LogP contribution is 2.16. The molecule has 1 aromatic heterocycles. The number of halogens is 2. The van der Waals surface area contributed by atoms with Crippen molar-refractivity contribution in [1.29, 1.82) is 0 Å². The van der Waals surface area contributed by atoms with E-state index in [0.717, 1.165) is 29.1 Å². The van der Waals surface area contributed by atoms with E-state index in [4.69, 9.17) is 0 Å². The first kappa shape index (κ1) is 16.5. The number of nitrogens with one attached hydrogen (secondary N) is 2. The highest BCUT2D eigenvalue weighted by Gasteiger charge is 2.16. The van der Waals surface area contributed by atoms with Crippen LogP contribution in [-0.2, 0) is 16.1 Å². The Morgan fingerprint density at radius 3 is 2.64 bits per heavy atom. The van der Waals surface area contributed by atoms with Crippen LogP contribution in [0.4, 0.5) is 14.5 Å². The van der Waals surface area contributed by atoms with Gasteiger partial charge in [-0.15, -0.1) is 0 Å². The van der Waals surface area contributed by atoms with Gasteiger partial charge >= 0.3 is 11.8 Å². The smallest absolute Gasteiger partial charge is 0.313 e. The number of hydrogen-bond acceptors (Lipinski definition) is 3. The van der Waals surface area contributed by atoms with Crippen molar-refractivity contribution in [3.05, 3.63) is 71.9 Å². The lowest BCUT2D eigenvalue weighted by atomic mass is 10.1. The van der Waals surface area contributed by atoms with E-state index in [1.54, 1.807) is 18.3 Å². The molecule has 0 atom stereocenters. The highest BCUT2D eigenvalue weighted by molar-refractivity contribution is 6.39. The summed E-state index contributed by atoms with van der Waals surface area (Å²) in [6, 6.07) is 11.7. The molecule has 0 unspecified atom stereocenters. The van der Waals surface area contributed by atoms with Gasteiger partial charge in [0.05, 0.1) is 11.2 Å². The van der Waals surface area contributed by atoms with Gasteiger partial charge in [-0.3, -0.25) is 14.6 Å². The summed E-state index contributed by atoms with van der Waals surface area (Å²) >= 11 is 0. The topological polar surface area (TPSA) is 71.1 Å². The fourth-order valence-electron chi connectivity index (χ4n) is 2.34. The zero-order valence-corrected chi connectivity index (χ0v) is 12.9. The summed E-state index contributed by atoms with van der Waals surface area (Å²) in [6.45, 7) is 0.0756. The van der Waals surface area contributed by atoms with Gasteiger partial charge in [-0.1, -0.05) is 24.3 Å². The summed E-state index contributed by atoms with van der Waals surface area (Å²) in [4.78, 5) is 28.0. The molecule has 2 aromatic carbocycles. The zero-order chi connectivity index (χ0) is 17.8. The second-order valence-electron chi connectivity index (χ2n) is 5.25. The largest absolute Gasteiger partial charge is 0.344 e. The maximum atomic E-state index is 13.5. The number of rotatable bonds is 3. The number of nitrogens with zero attached hydrogens (tertiary/aromatic N) is 1. The zero-order valence-electron chi connectivity index (χ0n) is 12.9. The summed E-state index contributed by atoms with van der Waals surface area (Å²) in [5.41, 5.74) is 1.05. The van der Waals surface area contributed by atoms with Crippen molar-refractivity contribution in [2.75, 3.05) is 5.32 Å². The number of aromatic nitrogens is 1. The molecule has 0 spiro atoms. The Bertz CT molecular complexity index is 955. The van der Waals surface area contributed by atoms with Crippen molar-refractivity contribution in [3.63, 3.8) is 0 Å². The van der Waals surface area contributed by atoms with Crippen LogP contribution in [0.25, 0.3) is 10.9 Å². The Hall–Kier alpha value is -3.35. The molecule has 0 saturated heterocycles. The van der Waals surface area contributed by atoms with Gasteiger partial charge in [-0.25, -0.2) is 8.78 Å². The highest BCUT2D eigenvalue weighted by atomic mass is 19.1. The molecule has 0 aliphatic rings. The van der Waals surface area contributed by atoms with Crippen LogP contribution >= 0.6 is 0 Å². The molecule has 2 N–H and O–H groups in total. The van der Waals surface area contributed by atoms with Gasteiger partial charge in [-0.05, 0) is 23.8 Å². The van der Waals surface area contributed by atoms with Crippen molar-refractivity contribution in [2.45, 2.75) is 6.54 Å². The predicted molar refractivity (Wildman–Crippen MR) is 88.6 cm³/mol. The van der Waals surface area contributed by atoms with Crippen LogP contribution in [0.15, 0.2) is 54.7 Å². The standard InChI is InChI=1S/C18H13F2N3O2/c19-13-6-7-14(20)15(9-13)23-18(25)17(24)22-10-12-4-1-3-11-5-2-8-21-16(11)12/h1-9H,10H2,(H,22,24)(H,23,25). The Kier molecular flexibility index (Phi) is 4.65. The van der Waals surface area contributed by atoms with Crippen LogP contribution in [0, 0.1) is 11.6 Å². The summed E-state index contributed by atoms with van der Waals surface area (Å²) in [5.74, 6) is -3.60. The second-order valence-corrected chi connectivity index (χ2v) is 5.25. The lowest BCUT2D eigenvalue weighted by molar-refractivity contribution is -0.136. The summed E-state index contributed by atoms with van der Waals surface area (Å²) in [5, 5.41) is 5.38. The first-order valence-electron chi connectivity index (χ1n) is 7.41. The van der Waals surface area contributed by atoms with E-state index in [1.807, 2.05) is 23.5 Å². The van der Waals surface area contributed by atoms with E-state index < -0.39 is 29.1 Å². The fraction of sp³-hybridized carbons (Fsp3) is 0.0556. The Morgan fingerprint density at radius 2 is 1.80 bits per heavy atom. The Balaban J connectivity index is 1.67. The quantitative estimate of drug-likeness (QED) is 0.720. The molecule has 0 saturated carbocycles. The minimum absolute atomic E-state index is 0.0756. The molecule has 0 bridgehead atoms. The van der Waals surface area contributed by atoms with Gasteiger partial charge in [-0.2, -0.15) is 0 Å². The molecule has 25 heavy (non-hydrogen) atoms. The third-order valence-electron chi connectivity index (χ3n) is 3.54. The molecule has 0 aliphatic carbocycles. The maximum Gasteiger partial charge on any atom is 0.313 e. The molecule has 3 aromatic rings. The van der Waals surface area contributed by atoms with Gasteiger partial charge in [0.1, 0.15) is 11.6 Å². The van der Waals surface area contributed by atoms with Crippen LogP contribution in [0.1, 0.15) is 5.56 Å². The van der Waals surface area contributed by atoms with Crippen molar-refractivity contribution in [3.8, 4) is 0 Å². The number of anilines is 1. The number of amides is 2. The molecular formula is C18H13F2N3O2. The van der Waals surface area contributed by atoms with E-state index in [2.05, 4.69) is 10.3 Å². The molecule has 1 heterocycles. The van der Waals surface area contributed by atoms with Crippen LogP contribution in [0.3, 0.4) is 0 Å². The van der Waals surface area contributed by atoms with Crippen molar-refractivity contribution < 1.29 is 18.4 Å². The molecule has 2 amide bonds. The molecule has 0 radical (unpaired) electrons. The minimum atomic E-state index is -1.09.